The van der Waals surface area contributed by atoms with E-state index in [2.05, 4.69) is 9.97 Å². The van der Waals surface area contributed by atoms with Crippen molar-refractivity contribution in [2.45, 2.75) is 12.4 Å². The van der Waals surface area contributed by atoms with Crippen molar-refractivity contribution < 1.29 is 26.3 Å². The van der Waals surface area contributed by atoms with Crippen LogP contribution in [0.15, 0.2) is 54.7 Å². The maximum absolute atomic E-state index is 13.3. The lowest BCUT2D eigenvalue weighted by atomic mass is 10.0. The molecule has 3 aromatic rings. The highest BCUT2D eigenvalue weighted by molar-refractivity contribution is 14.1. The molecular formula is C18H9F6IN2. The third-order valence-electron chi connectivity index (χ3n) is 3.68. The Morgan fingerprint density at radius 1 is 0.667 bits per heavy atom. The molecule has 0 spiro atoms. The first-order valence-corrected chi connectivity index (χ1v) is 8.51. The van der Waals surface area contributed by atoms with Crippen molar-refractivity contribution >= 4 is 22.6 Å². The Kier molecular flexibility index (Phi) is 5.15. The fraction of sp³-hybridized carbons (Fsp3) is 0.111. The highest BCUT2D eigenvalue weighted by Crippen LogP contribution is 2.36. The molecule has 0 aliphatic carbocycles. The highest BCUT2D eigenvalue weighted by Gasteiger charge is 2.32. The van der Waals surface area contributed by atoms with Crippen molar-refractivity contribution in [2.24, 2.45) is 0 Å². The number of pyridine rings is 2. The first-order valence-electron chi connectivity index (χ1n) is 7.43. The minimum atomic E-state index is -4.63. The topological polar surface area (TPSA) is 25.8 Å². The second-order valence-electron chi connectivity index (χ2n) is 5.57. The van der Waals surface area contributed by atoms with Gasteiger partial charge in [0.05, 0.1) is 22.5 Å². The molecule has 0 saturated heterocycles. The number of aromatic nitrogens is 2. The molecule has 2 heterocycles. The van der Waals surface area contributed by atoms with Gasteiger partial charge in [-0.2, -0.15) is 26.3 Å². The summed E-state index contributed by atoms with van der Waals surface area (Å²) >= 11 is 1.92. The fourth-order valence-electron chi connectivity index (χ4n) is 2.38. The summed E-state index contributed by atoms with van der Waals surface area (Å²) in [7, 11) is 0. The van der Waals surface area contributed by atoms with Gasteiger partial charge in [-0.1, -0.05) is 12.1 Å². The second kappa shape index (κ2) is 7.10. The van der Waals surface area contributed by atoms with Crippen molar-refractivity contribution in [1.29, 1.82) is 0 Å². The van der Waals surface area contributed by atoms with E-state index in [4.69, 9.17) is 0 Å². The van der Waals surface area contributed by atoms with Crippen molar-refractivity contribution in [3.05, 3.63) is 69.6 Å². The van der Waals surface area contributed by atoms with Crippen molar-refractivity contribution in [3.8, 4) is 22.5 Å². The number of halogens is 7. The van der Waals surface area contributed by atoms with Crippen molar-refractivity contribution in [1.82, 2.24) is 9.97 Å². The predicted octanol–water partition coefficient (Wildman–Crippen LogP) is 6.45. The Morgan fingerprint density at radius 2 is 1.22 bits per heavy atom. The van der Waals surface area contributed by atoms with Crippen LogP contribution in [-0.2, 0) is 12.4 Å². The lowest BCUT2D eigenvalue weighted by molar-refractivity contribution is -0.138. The minimum Gasteiger partial charge on any atom is -0.250 e. The summed E-state index contributed by atoms with van der Waals surface area (Å²) in [5, 5.41) is 0. The van der Waals surface area contributed by atoms with E-state index in [9.17, 15) is 26.3 Å². The molecule has 0 unspecified atom stereocenters. The molecule has 3 rings (SSSR count). The van der Waals surface area contributed by atoms with Crippen LogP contribution in [-0.4, -0.2) is 9.97 Å². The number of benzene rings is 1. The van der Waals surface area contributed by atoms with Gasteiger partial charge in [0.2, 0.25) is 0 Å². The summed E-state index contributed by atoms with van der Waals surface area (Å²) in [6, 6.07) is 8.63. The van der Waals surface area contributed by atoms with Crippen LogP contribution in [0.2, 0.25) is 0 Å². The molecule has 0 saturated carbocycles. The zero-order chi connectivity index (χ0) is 19.8. The zero-order valence-corrected chi connectivity index (χ0v) is 15.4. The minimum absolute atomic E-state index is 0.0556. The SMILES string of the molecule is FC(F)(F)c1ccc(-c2cc(C(F)(F)F)cc(-c3ccnc(I)c3)n2)cc1. The lowest BCUT2D eigenvalue weighted by Gasteiger charge is -2.13. The molecule has 27 heavy (non-hydrogen) atoms. The lowest BCUT2D eigenvalue weighted by Crippen LogP contribution is -2.07. The molecule has 0 radical (unpaired) electrons. The van der Waals surface area contributed by atoms with Gasteiger partial charge in [0.1, 0.15) is 3.70 Å². The Balaban J connectivity index is 2.13. The van der Waals surface area contributed by atoms with E-state index in [1.807, 2.05) is 22.6 Å². The van der Waals surface area contributed by atoms with Gasteiger partial charge in [-0.15, -0.1) is 0 Å². The van der Waals surface area contributed by atoms with Gasteiger partial charge in [0.25, 0.3) is 0 Å². The van der Waals surface area contributed by atoms with Gasteiger partial charge >= 0.3 is 12.4 Å². The largest absolute Gasteiger partial charge is 0.416 e. The first kappa shape index (κ1) is 19.6. The zero-order valence-electron chi connectivity index (χ0n) is 13.2. The summed E-state index contributed by atoms with van der Waals surface area (Å²) < 4.78 is 78.5. The Morgan fingerprint density at radius 3 is 1.74 bits per heavy atom. The van der Waals surface area contributed by atoms with Gasteiger partial charge < -0.3 is 0 Å². The molecule has 0 amide bonds. The molecule has 1 aromatic carbocycles. The predicted molar refractivity (Wildman–Crippen MR) is 95.6 cm³/mol. The molecular weight excluding hydrogens is 485 g/mol. The van der Waals surface area contributed by atoms with Crippen LogP contribution in [0.1, 0.15) is 11.1 Å². The molecule has 0 aliphatic heterocycles. The standard InChI is InChI=1S/C18H9F6IN2/c19-17(20,21)12-3-1-10(2-4-12)14-8-13(18(22,23)24)9-15(27-14)11-5-6-26-16(25)7-11/h1-9H. The molecule has 0 aliphatic rings. The molecule has 140 valence electrons. The van der Waals surface area contributed by atoms with Crippen LogP contribution in [0, 0.1) is 3.70 Å². The van der Waals surface area contributed by atoms with Gasteiger partial charge in [-0.25, -0.2) is 4.98 Å². The van der Waals surface area contributed by atoms with Crippen LogP contribution < -0.4 is 0 Å². The van der Waals surface area contributed by atoms with E-state index in [1.54, 1.807) is 6.07 Å². The third kappa shape index (κ3) is 4.57. The third-order valence-corrected chi connectivity index (χ3v) is 4.27. The summed E-state index contributed by atoms with van der Waals surface area (Å²) in [6.45, 7) is 0. The summed E-state index contributed by atoms with van der Waals surface area (Å²) in [5.41, 5.74) is -1.26. The van der Waals surface area contributed by atoms with Gasteiger partial charge in [0.15, 0.2) is 0 Å². The summed E-state index contributed by atoms with van der Waals surface area (Å²) in [6.07, 6.45) is -7.71. The van der Waals surface area contributed by atoms with E-state index in [0.717, 1.165) is 36.4 Å². The van der Waals surface area contributed by atoms with Gasteiger partial charge in [0, 0.05) is 17.3 Å². The number of rotatable bonds is 2. The maximum atomic E-state index is 13.3. The number of hydrogen-bond acceptors (Lipinski definition) is 2. The van der Waals surface area contributed by atoms with Crippen LogP contribution in [0.4, 0.5) is 26.3 Å². The highest BCUT2D eigenvalue weighted by atomic mass is 127. The van der Waals surface area contributed by atoms with Crippen LogP contribution >= 0.6 is 22.6 Å². The summed E-state index contributed by atoms with van der Waals surface area (Å²) in [5.74, 6) is 0. The van der Waals surface area contributed by atoms with E-state index < -0.39 is 23.5 Å². The fourth-order valence-corrected chi connectivity index (χ4v) is 2.88. The number of hydrogen-bond donors (Lipinski definition) is 0. The van der Waals surface area contributed by atoms with E-state index >= 15 is 0 Å². The van der Waals surface area contributed by atoms with Crippen LogP contribution in [0.3, 0.4) is 0 Å². The average Bonchev–Trinajstić information content (AvgIpc) is 2.60. The molecule has 0 fully saturated rings. The normalized spacial score (nSPS) is 12.3. The van der Waals surface area contributed by atoms with Crippen molar-refractivity contribution in [3.63, 3.8) is 0 Å². The molecule has 9 heteroatoms. The Bertz CT molecular complexity index is 965. The molecule has 0 bridgehead atoms. The molecule has 0 atom stereocenters. The average molecular weight is 494 g/mol. The Labute approximate surface area is 163 Å². The van der Waals surface area contributed by atoms with E-state index in [1.165, 1.54) is 12.3 Å². The van der Waals surface area contributed by atoms with Gasteiger partial charge in [-0.05, 0) is 59.0 Å². The summed E-state index contributed by atoms with van der Waals surface area (Å²) in [4.78, 5) is 8.19. The number of alkyl halides is 6. The van der Waals surface area contributed by atoms with Crippen LogP contribution in [0.25, 0.3) is 22.5 Å². The second-order valence-corrected chi connectivity index (χ2v) is 6.67. The van der Waals surface area contributed by atoms with Gasteiger partial charge in [-0.3, -0.25) is 4.98 Å². The van der Waals surface area contributed by atoms with Crippen LogP contribution in [0.5, 0.6) is 0 Å². The first-order chi connectivity index (χ1) is 12.5. The quantitative estimate of drug-likeness (QED) is 0.233. The molecule has 0 N–H and O–H groups in total. The Hall–Kier alpha value is -2.17. The smallest absolute Gasteiger partial charge is 0.250 e. The van der Waals surface area contributed by atoms with Crippen molar-refractivity contribution in [2.75, 3.05) is 0 Å². The molecule has 2 aromatic heterocycles. The number of nitrogens with zero attached hydrogens (tertiary/aromatic N) is 2. The maximum Gasteiger partial charge on any atom is 0.416 e. The van der Waals surface area contributed by atoms with E-state index in [-0.39, 0.29) is 17.0 Å². The molecule has 2 nitrogen and oxygen atoms in total. The monoisotopic (exact) mass is 494 g/mol. The van der Waals surface area contributed by atoms with E-state index in [0.29, 0.717) is 9.26 Å².